The van der Waals surface area contributed by atoms with Gasteiger partial charge in [0, 0.05) is 97.5 Å². The van der Waals surface area contributed by atoms with E-state index in [1.165, 1.54) is 0 Å². The molecular formula is C30H52N4NiO8S6-4. The van der Waals surface area contributed by atoms with Gasteiger partial charge in [-0.3, -0.25) is 0 Å². The van der Waals surface area contributed by atoms with Crippen LogP contribution in [0.25, 0.3) is 0 Å². The van der Waals surface area contributed by atoms with Crippen LogP contribution in [0.2, 0.25) is 0 Å². The largest absolute Gasteiger partial charge is 0.762 e. The third-order valence-electron chi connectivity index (χ3n) is 6.68. The molecule has 0 aliphatic rings. The number of hydrogen-bond donors (Lipinski definition) is 0. The standard InChI is InChI=1S/2C15H28N2O4S3.Ni/c2*1-18-9-11-20-7-3-5-16-13(22)14(23)17(15(16)24)6-4-8-21-12-10-19-2;/h2*22-23H,3-12H2,1-2H3;/p-4. The first-order valence-electron chi connectivity index (χ1n) is 15.9. The van der Waals surface area contributed by atoms with E-state index in [9.17, 15) is 0 Å². The summed E-state index contributed by atoms with van der Waals surface area (Å²) in [7, 11) is 6.62. The fourth-order valence-electron chi connectivity index (χ4n) is 4.17. The smallest absolute Gasteiger partial charge is 0.176 e. The number of rotatable bonds is 28. The molecule has 0 bridgehead atoms. The number of ether oxygens (including phenoxy) is 8. The van der Waals surface area contributed by atoms with Crippen molar-refractivity contribution in [3.63, 3.8) is 0 Å². The fourth-order valence-corrected chi connectivity index (χ4v) is 6.28. The van der Waals surface area contributed by atoms with E-state index in [0.29, 0.717) is 135 Å². The van der Waals surface area contributed by atoms with Crippen LogP contribution >= 0.6 is 24.4 Å². The second kappa shape index (κ2) is 31.4. The van der Waals surface area contributed by atoms with Crippen molar-refractivity contribution in [2.45, 2.75) is 72.0 Å². The van der Waals surface area contributed by atoms with Crippen molar-refractivity contribution in [1.29, 1.82) is 0 Å². The van der Waals surface area contributed by atoms with Gasteiger partial charge in [0.2, 0.25) is 0 Å². The monoisotopic (exact) mass is 846 g/mol. The first kappa shape index (κ1) is 48.9. The van der Waals surface area contributed by atoms with E-state index in [4.69, 9.17) is 113 Å². The minimum Gasteiger partial charge on any atom is -0.762 e. The zero-order valence-electron chi connectivity index (χ0n) is 29.0. The first-order valence-corrected chi connectivity index (χ1v) is 18.3. The van der Waals surface area contributed by atoms with Crippen LogP contribution in [0, 0.1) is 9.54 Å². The van der Waals surface area contributed by atoms with Gasteiger partial charge in [0.15, 0.2) is 9.54 Å². The van der Waals surface area contributed by atoms with Crippen LogP contribution in [0.1, 0.15) is 25.7 Å². The number of imidazole rings is 2. The van der Waals surface area contributed by atoms with Crippen LogP contribution in [-0.4, -0.2) is 126 Å². The molecule has 290 valence electrons. The van der Waals surface area contributed by atoms with Crippen molar-refractivity contribution < 1.29 is 54.4 Å². The van der Waals surface area contributed by atoms with Gasteiger partial charge in [-0.1, -0.05) is 0 Å². The third kappa shape index (κ3) is 19.5. The molecule has 2 rings (SSSR count). The van der Waals surface area contributed by atoms with Crippen LogP contribution in [-0.2, 0) is 131 Å². The van der Waals surface area contributed by atoms with Crippen LogP contribution in [0.5, 0.6) is 0 Å². The summed E-state index contributed by atoms with van der Waals surface area (Å²) < 4.78 is 50.6. The SMILES string of the molecule is COCCOCCCn1c([S-])c([S-])n(CCCOCCOC)c1=S.COCCOCCCn1c([S-])c([S-])n(CCCOCCOC)c1=S.[Ni]. The van der Waals surface area contributed by atoms with E-state index in [-0.39, 0.29) is 16.5 Å². The summed E-state index contributed by atoms with van der Waals surface area (Å²) in [4.78, 5) is 0. The number of methoxy groups -OCH3 is 4. The summed E-state index contributed by atoms with van der Waals surface area (Å²) >= 11 is 32.7. The van der Waals surface area contributed by atoms with Gasteiger partial charge in [0.05, 0.1) is 52.9 Å². The summed E-state index contributed by atoms with van der Waals surface area (Å²) in [6.45, 7) is 10.2. The van der Waals surface area contributed by atoms with Crippen LogP contribution < -0.4 is 0 Å². The molecule has 0 spiro atoms. The minimum absolute atomic E-state index is 0. The molecule has 12 nitrogen and oxygen atoms in total. The zero-order chi connectivity index (χ0) is 35.6. The molecule has 0 radical (unpaired) electrons. The Bertz CT molecular complexity index is 1050. The van der Waals surface area contributed by atoms with E-state index in [1.807, 2.05) is 18.3 Å². The summed E-state index contributed by atoms with van der Waals surface area (Å²) in [5.74, 6) is 0. The average molecular weight is 848 g/mol. The van der Waals surface area contributed by atoms with Crippen LogP contribution in [0.3, 0.4) is 0 Å². The van der Waals surface area contributed by atoms with Crippen LogP contribution in [0.4, 0.5) is 0 Å². The number of hydrogen-bond acceptors (Lipinski definition) is 14. The zero-order valence-corrected chi connectivity index (χ0v) is 34.8. The van der Waals surface area contributed by atoms with E-state index in [0.717, 1.165) is 25.7 Å². The van der Waals surface area contributed by atoms with Gasteiger partial charge in [0.1, 0.15) is 0 Å². The third-order valence-corrected chi connectivity index (χ3v) is 9.47. The van der Waals surface area contributed by atoms with Crippen molar-refractivity contribution in [2.75, 3.05) is 108 Å². The van der Waals surface area contributed by atoms with Gasteiger partial charge < -0.3 is 107 Å². The topological polar surface area (TPSA) is 93.6 Å². The molecule has 0 unspecified atom stereocenters. The Hall–Kier alpha value is -0.0865. The van der Waals surface area contributed by atoms with Gasteiger partial charge in [-0.25, -0.2) is 0 Å². The van der Waals surface area contributed by atoms with Crippen molar-refractivity contribution in [2.24, 2.45) is 0 Å². The molecule has 0 aliphatic carbocycles. The molecule has 49 heavy (non-hydrogen) atoms. The average Bonchev–Trinajstić information content (AvgIpc) is 3.41. The molecule has 0 saturated carbocycles. The Morgan fingerprint density at radius 2 is 0.592 bits per heavy atom. The molecule has 2 aromatic heterocycles. The molecule has 0 saturated heterocycles. The summed E-state index contributed by atoms with van der Waals surface area (Å²) in [5.41, 5.74) is 0. The molecular weight excluding hydrogens is 795 g/mol. The van der Waals surface area contributed by atoms with Gasteiger partial charge in [-0.05, 0) is 50.1 Å². The van der Waals surface area contributed by atoms with Gasteiger partial charge >= 0.3 is 0 Å². The summed E-state index contributed by atoms with van der Waals surface area (Å²) in [5, 5.41) is 2.53. The normalized spacial score (nSPS) is 11.0. The van der Waals surface area contributed by atoms with Gasteiger partial charge in [0.25, 0.3) is 0 Å². The quantitative estimate of drug-likeness (QED) is 0.0538. The van der Waals surface area contributed by atoms with Crippen molar-refractivity contribution in [3.8, 4) is 0 Å². The van der Waals surface area contributed by atoms with E-state index in [1.54, 1.807) is 28.4 Å². The molecule has 0 aliphatic heterocycles. The van der Waals surface area contributed by atoms with Crippen LogP contribution in [0.15, 0.2) is 20.1 Å². The second-order valence-electron chi connectivity index (χ2n) is 10.2. The number of aromatic nitrogens is 4. The maximum atomic E-state index is 5.51. The Balaban J connectivity index is 0.000000922. The molecule has 0 amide bonds. The maximum absolute atomic E-state index is 5.51. The molecule has 2 aromatic rings. The molecule has 2 heterocycles. The molecule has 19 heteroatoms. The summed E-state index contributed by atoms with van der Waals surface area (Å²) in [6.07, 6.45) is 3.34. The van der Waals surface area contributed by atoms with Gasteiger partial charge in [-0.15, -0.1) is 20.1 Å². The Morgan fingerprint density at radius 1 is 0.388 bits per heavy atom. The van der Waals surface area contributed by atoms with E-state index >= 15 is 0 Å². The van der Waals surface area contributed by atoms with Gasteiger partial charge in [-0.2, -0.15) is 0 Å². The molecule has 0 atom stereocenters. The van der Waals surface area contributed by atoms with E-state index in [2.05, 4.69) is 0 Å². The minimum atomic E-state index is 0. The Kier molecular flexibility index (Phi) is 31.4. The fraction of sp³-hybridized carbons (Fsp3) is 0.800. The summed E-state index contributed by atoms with van der Waals surface area (Å²) in [6, 6.07) is 0. The Morgan fingerprint density at radius 3 is 0.776 bits per heavy atom. The molecule has 0 aromatic carbocycles. The maximum Gasteiger partial charge on any atom is 0.176 e. The van der Waals surface area contributed by atoms with Crippen molar-refractivity contribution in [1.82, 2.24) is 18.3 Å². The second-order valence-corrected chi connectivity index (χ2v) is 12.5. The molecule has 0 N–H and O–H groups in total. The number of nitrogens with zero attached hydrogens (tertiary/aromatic N) is 4. The van der Waals surface area contributed by atoms with Crippen molar-refractivity contribution in [3.05, 3.63) is 9.54 Å². The predicted octanol–water partition coefficient (Wildman–Crippen LogP) is 3.87. The molecule has 0 fully saturated rings. The van der Waals surface area contributed by atoms with Crippen molar-refractivity contribution >= 4 is 75.0 Å². The van der Waals surface area contributed by atoms with E-state index < -0.39 is 0 Å². The predicted molar refractivity (Wildman–Crippen MR) is 198 cm³/mol. The Labute approximate surface area is 334 Å². The first-order chi connectivity index (χ1) is 23.3.